The molecule has 0 aliphatic heterocycles. The molecule has 7 heteroatoms. The van der Waals surface area contributed by atoms with E-state index in [1.807, 2.05) is 0 Å². The van der Waals surface area contributed by atoms with Crippen LogP contribution in [0.3, 0.4) is 0 Å². The summed E-state index contributed by atoms with van der Waals surface area (Å²) in [6.07, 6.45) is 2.38. The van der Waals surface area contributed by atoms with E-state index in [9.17, 15) is 14.0 Å². The standard InChI is InChI=1S/C21H19FN2O3S/c1-13(25)15-5-8-19(27-2)16(10-15)11-20(26)24-21-23-12-18(28-21)9-14-3-6-17(22)7-4-14/h3-8,10,12H,9,11H2,1-2H3,(H,23,24,26). The highest BCUT2D eigenvalue weighted by atomic mass is 32.1. The van der Waals surface area contributed by atoms with Gasteiger partial charge in [0.1, 0.15) is 11.6 Å². The molecule has 144 valence electrons. The average molecular weight is 398 g/mol. The summed E-state index contributed by atoms with van der Waals surface area (Å²) in [6, 6.07) is 11.3. The van der Waals surface area contributed by atoms with E-state index in [1.165, 1.54) is 37.5 Å². The summed E-state index contributed by atoms with van der Waals surface area (Å²) in [4.78, 5) is 29.2. The summed E-state index contributed by atoms with van der Waals surface area (Å²) in [5.41, 5.74) is 2.13. The van der Waals surface area contributed by atoms with E-state index in [1.54, 1.807) is 36.5 Å². The van der Waals surface area contributed by atoms with Crippen LogP contribution in [0.1, 0.15) is 33.3 Å². The van der Waals surface area contributed by atoms with Gasteiger partial charge in [-0.1, -0.05) is 12.1 Å². The molecule has 0 radical (unpaired) electrons. The molecule has 1 amide bonds. The molecule has 1 N–H and O–H groups in total. The Morgan fingerprint density at radius 1 is 1.18 bits per heavy atom. The van der Waals surface area contributed by atoms with Crippen molar-refractivity contribution in [2.75, 3.05) is 12.4 Å². The maximum atomic E-state index is 13.0. The van der Waals surface area contributed by atoms with Crippen LogP contribution in [-0.4, -0.2) is 23.8 Å². The van der Waals surface area contributed by atoms with Gasteiger partial charge >= 0.3 is 0 Å². The lowest BCUT2D eigenvalue weighted by Crippen LogP contribution is -2.15. The van der Waals surface area contributed by atoms with Gasteiger partial charge in [-0.15, -0.1) is 11.3 Å². The zero-order valence-electron chi connectivity index (χ0n) is 15.5. The Kier molecular flexibility index (Phi) is 6.16. The zero-order valence-corrected chi connectivity index (χ0v) is 16.3. The van der Waals surface area contributed by atoms with Gasteiger partial charge in [0, 0.05) is 28.6 Å². The first-order valence-corrected chi connectivity index (χ1v) is 9.43. The van der Waals surface area contributed by atoms with E-state index in [0.29, 0.717) is 28.4 Å². The fraction of sp³-hybridized carbons (Fsp3) is 0.190. The number of rotatable bonds is 7. The molecule has 3 rings (SSSR count). The van der Waals surface area contributed by atoms with Gasteiger partial charge in [0.2, 0.25) is 5.91 Å². The molecule has 0 bridgehead atoms. The second-order valence-electron chi connectivity index (χ2n) is 6.24. The molecule has 0 saturated heterocycles. The fourth-order valence-electron chi connectivity index (χ4n) is 2.72. The third-order valence-electron chi connectivity index (χ3n) is 4.13. The maximum absolute atomic E-state index is 13.0. The van der Waals surface area contributed by atoms with Gasteiger partial charge in [0.15, 0.2) is 10.9 Å². The summed E-state index contributed by atoms with van der Waals surface area (Å²) in [7, 11) is 1.52. The van der Waals surface area contributed by atoms with Crippen LogP contribution >= 0.6 is 11.3 Å². The Balaban J connectivity index is 1.65. The number of amides is 1. The van der Waals surface area contributed by atoms with Gasteiger partial charge in [-0.3, -0.25) is 9.59 Å². The third-order valence-corrected chi connectivity index (χ3v) is 5.04. The Labute approximate surface area is 166 Å². The summed E-state index contributed by atoms with van der Waals surface area (Å²) in [5.74, 6) is -0.0436. The summed E-state index contributed by atoms with van der Waals surface area (Å²) in [6.45, 7) is 1.48. The second kappa shape index (κ2) is 8.75. The number of aromatic nitrogens is 1. The van der Waals surface area contributed by atoms with Crippen LogP contribution in [-0.2, 0) is 17.6 Å². The molecule has 0 fully saturated rings. The van der Waals surface area contributed by atoms with Gasteiger partial charge in [-0.2, -0.15) is 0 Å². The number of halogens is 1. The van der Waals surface area contributed by atoms with Crippen LogP contribution < -0.4 is 10.1 Å². The van der Waals surface area contributed by atoms with E-state index >= 15 is 0 Å². The topological polar surface area (TPSA) is 68.3 Å². The number of nitrogens with one attached hydrogen (secondary N) is 1. The predicted octanol–water partition coefficient (Wildman–Crippen LogP) is 4.27. The van der Waals surface area contributed by atoms with Crippen molar-refractivity contribution in [3.05, 3.63) is 76.0 Å². The van der Waals surface area contributed by atoms with Gasteiger partial charge in [0.25, 0.3) is 0 Å². The van der Waals surface area contributed by atoms with Crippen LogP contribution in [0.5, 0.6) is 5.75 Å². The molecule has 2 aromatic carbocycles. The first-order valence-electron chi connectivity index (χ1n) is 8.61. The molecule has 0 atom stereocenters. The normalized spacial score (nSPS) is 10.5. The van der Waals surface area contributed by atoms with Gasteiger partial charge in [-0.25, -0.2) is 9.37 Å². The Morgan fingerprint density at radius 3 is 2.61 bits per heavy atom. The lowest BCUT2D eigenvalue weighted by Gasteiger charge is -2.09. The van der Waals surface area contributed by atoms with Crippen molar-refractivity contribution < 1.29 is 18.7 Å². The zero-order chi connectivity index (χ0) is 20.1. The van der Waals surface area contributed by atoms with Crippen molar-refractivity contribution >= 4 is 28.2 Å². The number of Topliss-reactive ketones (excluding diaryl/α,β-unsaturated/α-hetero) is 1. The number of carbonyl (C=O) groups is 2. The van der Waals surface area contributed by atoms with Crippen molar-refractivity contribution in [3.63, 3.8) is 0 Å². The van der Waals surface area contributed by atoms with E-state index < -0.39 is 0 Å². The maximum Gasteiger partial charge on any atom is 0.230 e. The van der Waals surface area contributed by atoms with Crippen molar-refractivity contribution in [1.82, 2.24) is 4.98 Å². The lowest BCUT2D eigenvalue weighted by molar-refractivity contribution is -0.115. The number of hydrogen-bond donors (Lipinski definition) is 1. The SMILES string of the molecule is COc1ccc(C(C)=O)cc1CC(=O)Nc1ncc(Cc2ccc(F)cc2)s1. The second-order valence-corrected chi connectivity index (χ2v) is 7.36. The van der Waals surface area contributed by atoms with Gasteiger partial charge in [0.05, 0.1) is 13.5 Å². The van der Waals surface area contributed by atoms with Crippen LogP contribution in [0.4, 0.5) is 9.52 Å². The van der Waals surface area contributed by atoms with Crippen molar-refractivity contribution in [3.8, 4) is 5.75 Å². The third kappa shape index (κ3) is 5.01. The minimum atomic E-state index is -0.273. The van der Waals surface area contributed by atoms with E-state index in [0.717, 1.165) is 10.4 Å². The molecule has 28 heavy (non-hydrogen) atoms. The lowest BCUT2D eigenvalue weighted by atomic mass is 10.0. The number of nitrogens with zero attached hydrogens (tertiary/aromatic N) is 1. The number of benzene rings is 2. The number of anilines is 1. The minimum Gasteiger partial charge on any atom is -0.496 e. The smallest absolute Gasteiger partial charge is 0.230 e. The summed E-state index contributed by atoms with van der Waals surface area (Å²) in [5, 5.41) is 3.26. The number of ether oxygens (including phenoxy) is 1. The predicted molar refractivity (Wildman–Crippen MR) is 107 cm³/mol. The molecule has 0 unspecified atom stereocenters. The van der Waals surface area contributed by atoms with E-state index in [-0.39, 0.29) is 23.9 Å². The Morgan fingerprint density at radius 2 is 1.93 bits per heavy atom. The van der Waals surface area contributed by atoms with Crippen molar-refractivity contribution in [2.24, 2.45) is 0 Å². The van der Waals surface area contributed by atoms with Gasteiger partial charge < -0.3 is 10.1 Å². The molecular formula is C21H19FN2O3S. The first-order chi connectivity index (χ1) is 13.4. The Hall–Kier alpha value is -3.06. The number of ketones is 1. The summed E-state index contributed by atoms with van der Waals surface area (Å²) < 4.78 is 18.3. The molecule has 5 nitrogen and oxygen atoms in total. The molecule has 0 aliphatic carbocycles. The van der Waals surface area contributed by atoms with Crippen LogP contribution in [0.15, 0.2) is 48.7 Å². The van der Waals surface area contributed by atoms with Crippen LogP contribution in [0, 0.1) is 5.82 Å². The van der Waals surface area contributed by atoms with Crippen molar-refractivity contribution in [2.45, 2.75) is 19.8 Å². The highest BCUT2D eigenvalue weighted by Crippen LogP contribution is 2.24. The number of methoxy groups -OCH3 is 1. The Bertz CT molecular complexity index is 999. The van der Waals surface area contributed by atoms with Gasteiger partial charge in [-0.05, 0) is 42.8 Å². The molecule has 1 aromatic heterocycles. The van der Waals surface area contributed by atoms with E-state index in [4.69, 9.17) is 4.74 Å². The molecule has 1 heterocycles. The molecule has 3 aromatic rings. The number of thiazole rings is 1. The molecular weight excluding hydrogens is 379 g/mol. The molecule has 0 spiro atoms. The highest BCUT2D eigenvalue weighted by Gasteiger charge is 2.13. The fourth-order valence-corrected chi connectivity index (χ4v) is 3.59. The van der Waals surface area contributed by atoms with Crippen LogP contribution in [0.25, 0.3) is 0 Å². The number of carbonyl (C=O) groups excluding carboxylic acids is 2. The first kappa shape index (κ1) is 19.7. The quantitative estimate of drug-likeness (QED) is 0.604. The monoisotopic (exact) mass is 398 g/mol. The average Bonchev–Trinajstić information content (AvgIpc) is 3.10. The molecule has 0 aliphatic rings. The molecule has 0 saturated carbocycles. The van der Waals surface area contributed by atoms with E-state index in [2.05, 4.69) is 10.3 Å². The van der Waals surface area contributed by atoms with Crippen molar-refractivity contribution in [1.29, 1.82) is 0 Å². The highest BCUT2D eigenvalue weighted by molar-refractivity contribution is 7.15. The summed E-state index contributed by atoms with van der Waals surface area (Å²) >= 11 is 1.37. The largest absolute Gasteiger partial charge is 0.496 e. The minimum absolute atomic E-state index is 0.0666. The van der Waals surface area contributed by atoms with Crippen LogP contribution in [0.2, 0.25) is 0 Å². The number of hydrogen-bond acceptors (Lipinski definition) is 5.